The van der Waals surface area contributed by atoms with Crippen LogP contribution in [0.25, 0.3) is 0 Å². The molecule has 0 spiro atoms. The molecule has 0 atom stereocenters. The molecule has 0 aromatic heterocycles. The first-order valence-electron chi connectivity index (χ1n) is 8.36. The van der Waals surface area contributed by atoms with Crippen LogP contribution in [-0.2, 0) is 11.2 Å². The molecule has 0 aliphatic rings. The number of nitro groups is 1. The largest absolute Gasteiger partial charge is 0.494 e. The number of rotatable bonds is 9. The number of carbonyl (C=O) groups excluding carboxylic acids is 1. The number of hydrogen-bond donors (Lipinski definition) is 1. The number of benzene rings is 2. The molecule has 1 N–H and O–H groups in total. The zero-order valence-electron chi connectivity index (χ0n) is 14.6. The Kier molecular flexibility index (Phi) is 7.30. The van der Waals surface area contributed by atoms with Crippen molar-refractivity contribution in [2.75, 3.05) is 6.61 Å². The van der Waals surface area contributed by atoms with E-state index in [1.165, 1.54) is 18.3 Å². The van der Waals surface area contributed by atoms with Crippen molar-refractivity contribution in [2.24, 2.45) is 5.10 Å². The van der Waals surface area contributed by atoms with E-state index in [2.05, 4.69) is 10.5 Å². The Morgan fingerprint density at radius 1 is 1.27 bits per heavy atom. The fourth-order valence-corrected chi connectivity index (χ4v) is 2.33. The minimum Gasteiger partial charge on any atom is -0.494 e. The second-order valence-electron chi connectivity index (χ2n) is 5.58. The Bertz CT molecular complexity index is 773. The first-order chi connectivity index (χ1) is 12.6. The van der Waals surface area contributed by atoms with Gasteiger partial charge in [0, 0.05) is 24.1 Å². The van der Waals surface area contributed by atoms with E-state index >= 15 is 0 Å². The third kappa shape index (κ3) is 6.35. The normalized spacial score (nSPS) is 10.7. The van der Waals surface area contributed by atoms with Crippen LogP contribution in [0.1, 0.15) is 30.9 Å². The van der Waals surface area contributed by atoms with Gasteiger partial charge >= 0.3 is 0 Å². The molecule has 2 rings (SSSR count). The summed E-state index contributed by atoms with van der Waals surface area (Å²) in [6, 6.07) is 13.8. The highest BCUT2D eigenvalue weighted by Gasteiger charge is 2.04. The zero-order chi connectivity index (χ0) is 18.8. The molecular weight excluding hydrogens is 334 g/mol. The van der Waals surface area contributed by atoms with Gasteiger partial charge in [0.15, 0.2) is 0 Å². The van der Waals surface area contributed by atoms with Crippen LogP contribution in [0.15, 0.2) is 53.6 Å². The molecule has 0 heterocycles. The molecule has 2 aromatic carbocycles. The van der Waals surface area contributed by atoms with E-state index in [-0.39, 0.29) is 11.6 Å². The Morgan fingerprint density at radius 3 is 2.73 bits per heavy atom. The third-order valence-electron chi connectivity index (χ3n) is 3.59. The van der Waals surface area contributed by atoms with Crippen molar-refractivity contribution < 1.29 is 14.5 Å². The zero-order valence-corrected chi connectivity index (χ0v) is 14.6. The number of nitro benzene ring substituents is 1. The maximum atomic E-state index is 11.8. The van der Waals surface area contributed by atoms with Gasteiger partial charge in [0.25, 0.3) is 5.69 Å². The Labute approximate surface area is 151 Å². The fourth-order valence-electron chi connectivity index (χ4n) is 2.33. The Morgan fingerprint density at radius 2 is 2.04 bits per heavy atom. The van der Waals surface area contributed by atoms with E-state index < -0.39 is 4.92 Å². The summed E-state index contributed by atoms with van der Waals surface area (Å²) in [5.74, 6) is 0.641. The van der Waals surface area contributed by atoms with E-state index in [0.717, 1.165) is 17.7 Å². The van der Waals surface area contributed by atoms with Gasteiger partial charge < -0.3 is 4.74 Å². The summed E-state index contributed by atoms with van der Waals surface area (Å²) in [6.07, 6.45) is 3.22. The van der Waals surface area contributed by atoms with Crippen LogP contribution >= 0.6 is 0 Å². The molecular formula is C19H21N3O4. The summed E-state index contributed by atoms with van der Waals surface area (Å²) in [6.45, 7) is 2.57. The lowest BCUT2D eigenvalue weighted by atomic mass is 10.1. The molecule has 0 unspecified atom stereocenters. The molecule has 0 saturated heterocycles. The lowest BCUT2D eigenvalue weighted by Crippen LogP contribution is -2.17. The van der Waals surface area contributed by atoms with Gasteiger partial charge in [0.1, 0.15) is 5.75 Å². The minimum atomic E-state index is -0.475. The number of hydrogen-bond acceptors (Lipinski definition) is 5. The summed E-state index contributed by atoms with van der Waals surface area (Å²) in [5, 5.41) is 14.5. The number of nitrogens with zero attached hydrogens (tertiary/aromatic N) is 2. The van der Waals surface area contributed by atoms with E-state index in [9.17, 15) is 14.9 Å². The van der Waals surface area contributed by atoms with Crippen molar-refractivity contribution >= 4 is 17.8 Å². The maximum Gasteiger partial charge on any atom is 0.270 e. The second-order valence-corrected chi connectivity index (χ2v) is 5.58. The van der Waals surface area contributed by atoms with Crippen LogP contribution in [-0.4, -0.2) is 23.7 Å². The summed E-state index contributed by atoms with van der Waals surface area (Å²) in [4.78, 5) is 22.0. The quantitative estimate of drug-likeness (QED) is 0.423. The molecule has 7 nitrogen and oxygen atoms in total. The first-order valence-corrected chi connectivity index (χ1v) is 8.36. The topological polar surface area (TPSA) is 93.8 Å². The summed E-state index contributed by atoms with van der Waals surface area (Å²) < 4.78 is 5.39. The van der Waals surface area contributed by atoms with Crippen LogP contribution in [0.5, 0.6) is 5.75 Å². The van der Waals surface area contributed by atoms with Crippen LogP contribution in [0.2, 0.25) is 0 Å². The van der Waals surface area contributed by atoms with Crippen LogP contribution in [0.4, 0.5) is 5.69 Å². The number of carbonyl (C=O) groups is 1. The predicted molar refractivity (Wildman–Crippen MR) is 99.4 cm³/mol. The highest BCUT2D eigenvalue weighted by molar-refractivity contribution is 5.83. The Hall–Kier alpha value is -3.22. The SMILES string of the molecule is CCOc1ccc(CCCC(=O)NN=Cc2cccc([N+](=O)[O-])c2)cc1. The van der Waals surface area contributed by atoms with Gasteiger partial charge in [0.2, 0.25) is 5.91 Å². The molecule has 1 amide bonds. The Balaban J connectivity index is 1.73. The standard InChI is InChI=1S/C19H21N3O4/c1-2-26-18-11-9-15(10-12-18)5-4-8-19(23)21-20-14-16-6-3-7-17(13-16)22(24)25/h3,6-7,9-14H,2,4-5,8H2,1H3,(H,21,23). The lowest BCUT2D eigenvalue weighted by molar-refractivity contribution is -0.384. The highest BCUT2D eigenvalue weighted by Crippen LogP contribution is 2.14. The number of hydrazone groups is 1. The smallest absolute Gasteiger partial charge is 0.270 e. The first kappa shape index (κ1) is 19.1. The highest BCUT2D eigenvalue weighted by atomic mass is 16.6. The van der Waals surface area contributed by atoms with Gasteiger partial charge in [-0.2, -0.15) is 5.10 Å². The van der Waals surface area contributed by atoms with Crippen LogP contribution < -0.4 is 10.2 Å². The molecule has 0 fully saturated rings. The van der Waals surface area contributed by atoms with E-state index in [0.29, 0.717) is 25.0 Å². The second kappa shape index (κ2) is 9.93. The summed E-state index contributed by atoms with van der Waals surface area (Å²) >= 11 is 0. The van der Waals surface area contributed by atoms with Crippen molar-refractivity contribution in [3.63, 3.8) is 0 Å². The molecule has 0 aliphatic carbocycles. The molecule has 0 saturated carbocycles. The van der Waals surface area contributed by atoms with Crippen molar-refractivity contribution in [3.05, 3.63) is 69.8 Å². The monoisotopic (exact) mass is 355 g/mol. The third-order valence-corrected chi connectivity index (χ3v) is 3.59. The van der Waals surface area contributed by atoms with Crippen molar-refractivity contribution in [2.45, 2.75) is 26.2 Å². The number of non-ortho nitro benzene ring substituents is 1. The molecule has 0 radical (unpaired) electrons. The van der Waals surface area contributed by atoms with Crippen molar-refractivity contribution in [3.8, 4) is 5.75 Å². The maximum absolute atomic E-state index is 11.8. The average Bonchev–Trinajstić information content (AvgIpc) is 2.64. The molecule has 26 heavy (non-hydrogen) atoms. The number of aryl methyl sites for hydroxylation is 1. The van der Waals surface area contributed by atoms with Gasteiger partial charge in [-0.1, -0.05) is 24.3 Å². The van der Waals surface area contributed by atoms with Crippen molar-refractivity contribution in [1.29, 1.82) is 0 Å². The van der Waals surface area contributed by atoms with Crippen LogP contribution in [0.3, 0.4) is 0 Å². The number of amides is 1. The fraction of sp³-hybridized carbons (Fsp3) is 0.263. The van der Waals surface area contributed by atoms with Gasteiger partial charge in [0.05, 0.1) is 17.7 Å². The van der Waals surface area contributed by atoms with Gasteiger partial charge in [-0.25, -0.2) is 5.43 Å². The molecule has 2 aromatic rings. The molecule has 136 valence electrons. The van der Waals surface area contributed by atoms with Crippen molar-refractivity contribution in [1.82, 2.24) is 5.43 Å². The van der Waals surface area contributed by atoms with Gasteiger partial charge in [-0.15, -0.1) is 0 Å². The minimum absolute atomic E-state index is 0.0179. The van der Waals surface area contributed by atoms with E-state index in [1.54, 1.807) is 12.1 Å². The number of ether oxygens (including phenoxy) is 1. The van der Waals surface area contributed by atoms with Gasteiger partial charge in [-0.05, 0) is 37.5 Å². The predicted octanol–water partition coefficient (Wildman–Crippen LogP) is 3.47. The lowest BCUT2D eigenvalue weighted by Gasteiger charge is -2.05. The summed E-state index contributed by atoms with van der Waals surface area (Å²) in [7, 11) is 0. The van der Waals surface area contributed by atoms with E-state index in [1.807, 2.05) is 31.2 Å². The van der Waals surface area contributed by atoms with Crippen LogP contribution in [0, 0.1) is 10.1 Å². The number of nitrogens with one attached hydrogen (secondary N) is 1. The average molecular weight is 355 g/mol. The van der Waals surface area contributed by atoms with E-state index in [4.69, 9.17) is 4.74 Å². The molecule has 7 heteroatoms. The molecule has 0 aliphatic heterocycles. The molecule has 0 bridgehead atoms. The summed E-state index contributed by atoms with van der Waals surface area (Å²) in [5.41, 5.74) is 4.10. The van der Waals surface area contributed by atoms with Gasteiger partial charge in [-0.3, -0.25) is 14.9 Å².